The van der Waals surface area contributed by atoms with Crippen molar-refractivity contribution in [3.8, 4) is 11.3 Å². The van der Waals surface area contributed by atoms with E-state index >= 15 is 0 Å². The van der Waals surface area contributed by atoms with Crippen molar-refractivity contribution >= 4 is 31.0 Å². The van der Waals surface area contributed by atoms with Crippen LogP contribution in [0.25, 0.3) is 17.5 Å². The highest BCUT2D eigenvalue weighted by molar-refractivity contribution is 8.17. The maximum absolute atomic E-state index is 11.2. The van der Waals surface area contributed by atoms with Gasteiger partial charge in [-0.25, -0.2) is 9.78 Å². The fourth-order valence-electron chi connectivity index (χ4n) is 2.92. The second kappa shape index (κ2) is 6.84. The van der Waals surface area contributed by atoms with Crippen LogP contribution in [-0.4, -0.2) is 28.8 Å². The molecule has 0 spiro atoms. The smallest absolute Gasteiger partial charge is 0.171 e. The first-order valence-electron chi connectivity index (χ1n) is 8.28. The minimum Gasteiger partial charge on any atom is -0.413 e. The topological polar surface area (TPSA) is 57.0 Å². The van der Waals surface area contributed by atoms with Gasteiger partial charge in [0.1, 0.15) is 17.0 Å². The van der Waals surface area contributed by atoms with Crippen LogP contribution in [0, 0.1) is 5.41 Å². The van der Waals surface area contributed by atoms with Gasteiger partial charge in [0.05, 0.1) is 6.10 Å². The standard InChI is InChI=1S/C18H23N3O2SSi/c1-18(2,3)16(23-25(4)5)14-8-13(9-19-10-14)15-17-21(11-20-15)6-7-24(17)12-22/h6-11,16,25H,1-5H3. The van der Waals surface area contributed by atoms with Crippen LogP contribution in [0.3, 0.4) is 0 Å². The van der Waals surface area contributed by atoms with Crippen LogP contribution >= 0.6 is 10.5 Å². The van der Waals surface area contributed by atoms with Gasteiger partial charge in [-0.1, -0.05) is 20.8 Å². The van der Waals surface area contributed by atoms with E-state index < -0.39 is 19.5 Å². The summed E-state index contributed by atoms with van der Waals surface area (Å²) in [7, 11) is -1.88. The van der Waals surface area contributed by atoms with E-state index in [2.05, 4.69) is 55.1 Å². The predicted molar refractivity (Wildman–Crippen MR) is 104 cm³/mol. The summed E-state index contributed by atoms with van der Waals surface area (Å²) in [5, 5.41) is 4.83. The molecule has 0 saturated carbocycles. The summed E-state index contributed by atoms with van der Waals surface area (Å²) in [4.78, 5) is 20.2. The summed E-state index contributed by atoms with van der Waals surface area (Å²) in [5.74, 6) is 0. The van der Waals surface area contributed by atoms with Gasteiger partial charge in [-0.3, -0.25) is 9.55 Å². The molecule has 0 radical (unpaired) electrons. The highest BCUT2D eigenvalue weighted by atomic mass is 32.2. The first kappa shape index (κ1) is 18.0. The van der Waals surface area contributed by atoms with Crippen LogP contribution in [0.2, 0.25) is 13.1 Å². The quantitative estimate of drug-likeness (QED) is 0.596. The third-order valence-electron chi connectivity index (χ3n) is 3.93. The number of aromatic nitrogens is 3. The van der Waals surface area contributed by atoms with E-state index in [4.69, 9.17) is 4.43 Å². The van der Waals surface area contributed by atoms with Crippen molar-refractivity contribution in [3.63, 3.8) is 0 Å². The monoisotopic (exact) mass is 373 g/mol. The van der Waals surface area contributed by atoms with Crippen LogP contribution in [0.15, 0.2) is 35.2 Å². The SMILES string of the molecule is C[SiH](C)OC(c1cncc(-c2ncn3c2S(=C=O)C=C3)c1)C(C)(C)C. The van der Waals surface area contributed by atoms with Crippen molar-refractivity contribution in [1.29, 1.82) is 0 Å². The fraction of sp³-hybridized carbons (Fsp3) is 0.389. The minimum atomic E-state index is -1.21. The number of nitrogens with zero attached hydrogens (tertiary/aromatic N) is 3. The van der Waals surface area contributed by atoms with Crippen molar-refractivity contribution in [2.24, 2.45) is 5.41 Å². The Morgan fingerprint density at radius 2 is 2.08 bits per heavy atom. The van der Waals surface area contributed by atoms with E-state index in [1.54, 1.807) is 12.5 Å². The Morgan fingerprint density at radius 3 is 2.72 bits per heavy atom. The molecule has 2 unspecified atom stereocenters. The van der Waals surface area contributed by atoms with Gasteiger partial charge < -0.3 is 4.43 Å². The lowest BCUT2D eigenvalue weighted by atomic mass is 9.85. The second-order valence-corrected chi connectivity index (χ2v) is 11.3. The molecular formula is C18H23N3O2SSi. The molecule has 0 N–H and O–H groups in total. The molecule has 132 valence electrons. The first-order chi connectivity index (χ1) is 11.8. The Kier molecular flexibility index (Phi) is 4.93. The normalized spacial score (nSPS) is 17.6. The Balaban J connectivity index is 2.05. The maximum Gasteiger partial charge on any atom is 0.171 e. The molecule has 2 aromatic heterocycles. The van der Waals surface area contributed by atoms with Gasteiger partial charge in [0.25, 0.3) is 0 Å². The summed E-state index contributed by atoms with van der Waals surface area (Å²) in [6.07, 6.45) is 7.25. The van der Waals surface area contributed by atoms with Crippen molar-refractivity contribution in [2.75, 3.05) is 0 Å². The number of rotatable bonds is 4. The van der Waals surface area contributed by atoms with E-state index in [1.807, 2.05) is 22.4 Å². The molecule has 3 rings (SSSR count). The predicted octanol–water partition coefficient (Wildman–Crippen LogP) is 4.17. The van der Waals surface area contributed by atoms with Crippen molar-refractivity contribution in [1.82, 2.24) is 14.5 Å². The third kappa shape index (κ3) is 3.60. The van der Waals surface area contributed by atoms with Gasteiger partial charge >= 0.3 is 0 Å². The molecule has 1 aliphatic rings. The van der Waals surface area contributed by atoms with E-state index in [1.165, 1.54) is 0 Å². The Hall–Kier alpha value is -1.79. The molecule has 2 atom stereocenters. The average molecular weight is 374 g/mol. The zero-order chi connectivity index (χ0) is 18.2. The van der Waals surface area contributed by atoms with E-state index in [0.29, 0.717) is 0 Å². The van der Waals surface area contributed by atoms with Gasteiger partial charge in [-0.05, 0) is 46.0 Å². The van der Waals surface area contributed by atoms with Gasteiger partial charge in [0.15, 0.2) is 14.3 Å². The Bertz CT molecular complexity index is 877. The highest BCUT2D eigenvalue weighted by Gasteiger charge is 2.29. The molecular weight excluding hydrogens is 350 g/mol. The van der Waals surface area contributed by atoms with Crippen molar-refractivity contribution in [2.45, 2.75) is 45.0 Å². The zero-order valence-corrected chi connectivity index (χ0v) is 17.2. The average Bonchev–Trinajstić information content (AvgIpc) is 3.13. The molecule has 25 heavy (non-hydrogen) atoms. The lowest BCUT2D eigenvalue weighted by molar-refractivity contribution is 0.0863. The molecule has 1 aliphatic heterocycles. The Morgan fingerprint density at radius 1 is 1.32 bits per heavy atom. The van der Waals surface area contributed by atoms with Crippen LogP contribution in [0.1, 0.15) is 32.4 Å². The zero-order valence-electron chi connectivity index (χ0n) is 15.2. The lowest BCUT2D eigenvalue weighted by Gasteiger charge is -2.33. The first-order valence-corrected chi connectivity index (χ1v) is 12.3. The van der Waals surface area contributed by atoms with E-state index in [-0.39, 0.29) is 11.5 Å². The summed E-state index contributed by atoms with van der Waals surface area (Å²) < 4.78 is 8.19. The summed E-state index contributed by atoms with van der Waals surface area (Å²) in [5.41, 5.74) is 2.72. The number of hydrogen-bond donors (Lipinski definition) is 0. The molecule has 0 aromatic carbocycles. The number of fused-ring (bicyclic) bond motifs is 1. The maximum atomic E-state index is 11.2. The molecule has 5 nitrogen and oxygen atoms in total. The second-order valence-electron chi connectivity index (χ2n) is 7.45. The van der Waals surface area contributed by atoms with Crippen LogP contribution < -0.4 is 0 Å². The summed E-state index contributed by atoms with van der Waals surface area (Å²) in [6.45, 7) is 10.9. The number of imidazole rings is 1. The molecule has 7 heteroatoms. The molecule has 0 fully saturated rings. The van der Waals surface area contributed by atoms with Crippen LogP contribution in [0.4, 0.5) is 0 Å². The molecule has 0 saturated heterocycles. The van der Waals surface area contributed by atoms with Gasteiger partial charge in [0, 0.05) is 24.2 Å². The van der Waals surface area contributed by atoms with Crippen LogP contribution in [-0.2, 0) is 9.22 Å². The third-order valence-corrected chi connectivity index (χ3v) is 6.15. The van der Waals surface area contributed by atoms with Crippen LogP contribution in [0.5, 0.6) is 0 Å². The molecule has 0 bridgehead atoms. The minimum absolute atomic E-state index is 0.0173. The highest BCUT2D eigenvalue weighted by Crippen LogP contribution is 2.41. The Labute approximate surface area is 152 Å². The number of hydrogen-bond acceptors (Lipinski definition) is 4. The van der Waals surface area contributed by atoms with Crippen molar-refractivity contribution < 1.29 is 9.22 Å². The van der Waals surface area contributed by atoms with E-state index in [0.717, 1.165) is 21.8 Å². The fourth-order valence-corrected chi connectivity index (χ4v) is 5.26. The molecule has 0 aliphatic carbocycles. The lowest BCUT2D eigenvalue weighted by Crippen LogP contribution is -2.26. The number of carbonyl (C=O) groups excluding carboxylic acids is 1. The van der Waals surface area contributed by atoms with Gasteiger partial charge in [0.2, 0.25) is 0 Å². The largest absolute Gasteiger partial charge is 0.413 e. The number of pyridine rings is 1. The van der Waals surface area contributed by atoms with Gasteiger partial charge in [-0.2, -0.15) is 0 Å². The molecule has 0 amide bonds. The van der Waals surface area contributed by atoms with Crippen molar-refractivity contribution in [3.05, 3.63) is 35.8 Å². The summed E-state index contributed by atoms with van der Waals surface area (Å²) >= 11 is 0. The van der Waals surface area contributed by atoms with Gasteiger partial charge in [-0.15, -0.1) is 0 Å². The van der Waals surface area contributed by atoms with E-state index in [9.17, 15) is 4.79 Å². The summed E-state index contributed by atoms with van der Waals surface area (Å²) in [6, 6.07) is 2.09. The molecule has 2 aromatic rings. The molecule has 3 heterocycles.